The number of hydrogen-bond acceptors (Lipinski definition) is 4. The molecular weight excluding hydrogens is 282 g/mol. The lowest BCUT2D eigenvalue weighted by Crippen LogP contribution is -2.43. The summed E-state index contributed by atoms with van der Waals surface area (Å²) in [6.07, 6.45) is 0.664. The summed E-state index contributed by atoms with van der Waals surface area (Å²) in [6.45, 7) is 8.05. The molecule has 1 radical (unpaired) electrons. The first-order valence-electron chi connectivity index (χ1n) is 7.52. The summed E-state index contributed by atoms with van der Waals surface area (Å²) in [7, 11) is 0. The summed E-state index contributed by atoms with van der Waals surface area (Å²) in [5.74, 6) is -1.83. The molecule has 1 rings (SSSR count). The van der Waals surface area contributed by atoms with Gasteiger partial charge in [-0.05, 0) is 44.9 Å². The standard InChI is InChI=1S/C17H26NO4/c1-5-9-21-14-8-6-7-13(10-14)11-17(20,12-15(18)19)22-16(2,3)4/h6-8,10,18,20H,5,9,11-12H2,1-4H3. The van der Waals surface area contributed by atoms with Crippen LogP contribution in [-0.4, -0.2) is 29.0 Å². The number of carbonyl (C=O) groups excluding carboxylic acids is 1. The maximum atomic E-state index is 11.1. The fourth-order valence-corrected chi connectivity index (χ4v) is 2.24. The minimum atomic E-state index is -1.69. The highest BCUT2D eigenvalue weighted by Crippen LogP contribution is 2.27. The predicted octanol–water partition coefficient (Wildman–Crippen LogP) is 2.72. The molecule has 1 amide bonds. The van der Waals surface area contributed by atoms with E-state index in [0.717, 1.165) is 17.7 Å². The number of nitrogens with one attached hydrogen (secondary N) is 1. The molecule has 0 fully saturated rings. The Morgan fingerprint density at radius 2 is 2.00 bits per heavy atom. The van der Waals surface area contributed by atoms with Gasteiger partial charge in [0.25, 0.3) is 0 Å². The van der Waals surface area contributed by atoms with Crippen LogP contribution in [0.2, 0.25) is 0 Å². The predicted molar refractivity (Wildman–Crippen MR) is 84.4 cm³/mol. The molecule has 1 aromatic rings. The Balaban J connectivity index is 2.91. The molecule has 1 unspecified atom stereocenters. The molecule has 0 aliphatic heterocycles. The van der Waals surface area contributed by atoms with Gasteiger partial charge >= 0.3 is 0 Å². The van der Waals surface area contributed by atoms with Crippen molar-refractivity contribution in [1.29, 1.82) is 0 Å². The van der Waals surface area contributed by atoms with Crippen LogP contribution in [0.1, 0.15) is 46.1 Å². The molecule has 0 aliphatic rings. The van der Waals surface area contributed by atoms with E-state index in [0.29, 0.717) is 6.61 Å². The van der Waals surface area contributed by atoms with E-state index in [-0.39, 0.29) is 12.8 Å². The van der Waals surface area contributed by atoms with Gasteiger partial charge < -0.3 is 14.6 Å². The van der Waals surface area contributed by atoms with E-state index >= 15 is 0 Å². The fourth-order valence-electron chi connectivity index (χ4n) is 2.24. The number of benzene rings is 1. The molecular formula is C17H26NO4. The third-order valence-electron chi connectivity index (χ3n) is 2.78. The largest absolute Gasteiger partial charge is 0.494 e. The molecule has 5 nitrogen and oxygen atoms in total. The zero-order chi connectivity index (χ0) is 16.8. The van der Waals surface area contributed by atoms with Crippen LogP contribution in [-0.2, 0) is 16.0 Å². The zero-order valence-electron chi connectivity index (χ0n) is 13.8. The highest BCUT2D eigenvalue weighted by atomic mass is 16.6. The van der Waals surface area contributed by atoms with Gasteiger partial charge in [0, 0.05) is 6.42 Å². The second-order valence-electron chi connectivity index (χ2n) is 6.43. The summed E-state index contributed by atoms with van der Waals surface area (Å²) in [5, 5.41) is 10.6. The average Bonchev–Trinajstić information content (AvgIpc) is 2.32. The lowest BCUT2D eigenvalue weighted by atomic mass is 10.00. The number of ether oxygens (including phenoxy) is 2. The Labute approximate surface area is 132 Å². The van der Waals surface area contributed by atoms with Crippen molar-refractivity contribution < 1.29 is 19.4 Å². The van der Waals surface area contributed by atoms with Crippen LogP contribution in [0.5, 0.6) is 5.75 Å². The second kappa shape index (κ2) is 7.61. The smallest absolute Gasteiger partial charge is 0.243 e. The maximum absolute atomic E-state index is 11.1. The van der Waals surface area contributed by atoms with E-state index in [1.807, 2.05) is 31.2 Å². The van der Waals surface area contributed by atoms with Crippen molar-refractivity contribution in [2.24, 2.45) is 0 Å². The Morgan fingerprint density at radius 1 is 1.32 bits per heavy atom. The molecule has 0 heterocycles. The van der Waals surface area contributed by atoms with Crippen LogP contribution < -0.4 is 10.5 Å². The SMILES string of the molecule is CCCOc1cccc(CC(O)(CC([NH])=O)OC(C)(C)C)c1. The minimum absolute atomic E-state index is 0.123. The molecule has 0 aliphatic carbocycles. The lowest BCUT2D eigenvalue weighted by molar-refractivity contribution is -0.252. The topological polar surface area (TPSA) is 79.6 Å². The molecule has 0 saturated heterocycles. The molecule has 0 saturated carbocycles. The van der Waals surface area contributed by atoms with Gasteiger partial charge in [-0.1, -0.05) is 19.1 Å². The number of carbonyl (C=O) groups is 1. The quantitative estimate of drug-likeness (QED) is 0.749. The summed E-state index contributed by atoms with van der Waals surface area (Å²) >= 11 is 0. The van der Waals surface area contributed by atoms with Crippen molar-refractivity contribution >= 4 is 5.91 Å². The Bertz CT molecular complexity index is 496. The van der Waals surface area contributed by atoms with E-state index in [4.69, 9.17) is 15.2 Å². The van der Waals surface area contributed by atoms with Crippen molar-refractivity contribution in [3.05, 3.63) is 29.8 Å². The van der Waals surface area contributed by atoms with Gasteiger partial charge in [0.05, 0.1) is 18.6 Å². The number of hydrogen-bond donors (Lipinski definition) is 1. The van der Waals surface area contributed by atoms with Crippen LogP contribution in [0, 0.1) is 0 Å². The molecule has 0 bridgehead atoms. The molecule has 0 aromatic heterocycles. The lowest BCUT2D eigenvalue weighted by Gasteiger charge is -2.34. The molecule has 123 valence electrons. The van der Waals surface area contributed by atoms with Crippen molar-refractivity contribution in [2.75, 3.05) is 6.61 Å². The first kappa shape index (κ1) is 18.5. The van der Waals surface area contributed by atoms with E-state index in [9.17, 15) is 9.90 Å². The molecule has 1 aromatic carbocycles. The first-order chi connectivity index (χ1) is 10.1. The second-order valence-corrected chi connectivity index (χ2v) is 6.43. The van der Waals surface area contributed by atoms with Crippen LogP contribution in [0.25, 0.3) is 0 Å². The van der Waals surface area contributed by atoms with Gasteiger partial charge in [-0.2, -0.15) is 0 Å². The Morgan fingerprint density at radius 3 is 2.55 bits per heavy atom. The summed E-state index contributed by atoms with van der Waals surface area (Å²) < 4.78 is 11.2. The van der Waals surface area contributed by atoms with Crippen LogP contribution in [0.4, 0.5) is 0 Å². The molecule has 0 spiro atoms. The molecule has 22 heavy (non-hydrogen) atoms. The Kier molecular flexibility index (Phi) is 6.38. The molecule has 1 atom stereocenters. The Hall–Kier alpha value is -1.59. The van der Waals surface area contributed by atoms with Gasteiger partial charge in [-0.25, -0.2) is 0 Å². The highest BCUT2D eigenvalue weighted by molar-refractivity contribution is 5.73. The minimum Gasteiger partial charge on any atom is -0.494 e. The summed E-state index contributed by atoms with van der Waals surface area (Å²) in [6, 6.07) is 7.34. The normalized spacial score (nSPS) is 14.4. The monoisotopic (exact) mass is 308 g/mol. The van der Waals surface area contributed by atoms with E-state index in [2.05, 4.69) is 0 Å². The van der Waals surface area contributed by atoms with Crippen molar-refractivity contribution in [2.45, 2.75) is 58.3 Å². The number of aliphatic hydroxyl groups is 1. The van der Waals surface area contributed by atoms with Gasteiger partial charge in [0.15, 0.2) is 5.79 Å². The zero-order valence-corrected chi connectivity index (χ0v) is 13.8. The van der Waals surface area contributed by atoms with E-state index < -0.39 is 17.3 Å². The first-order valence-corrected chi connectivity index (χ1v) is 7.52. The third kappa shape index (κ3) is 6.91. The summed E-state index contributed by atoms with van der Waals surface area (Å²) in [5.41, 5.74) is 7.31. The fraction of sp³-hybridized carbons (Fsp3) is 0.588. The van der Waals surface area contributed by atoms with Crippen LogP contribution in [0.15, 0.2) is 24.3 Å². The highest BCUT2D eigenvalue weighted by Gasteiger charge is 2.35. The number of rotatable bonds is 8. The van der Waals surface area contributed by atoms with Gasteiger partial charge in [0.1, 0.15) is 5.75 Å². The summed E-state index contributed by atoms with van der Waals surface area (Å²) in [4.78, 5) is 11.1. The van der Waals surface area contributed by atoms with Gasteiger partial charge in [-0.15, -0.1) is 0 Å². The van der Waals surface area contributed by atoms with Crippen molar-refractivity contribution in [3.63, 3.8) is 0 Å². The van der Waals surface area contributed by atoms with Gasteiger partial charge in [-0.3, -0.25) is 10.5 Å². The van der Waals surface area contributed by atoms with E-state index in [1.165, 1.54) is 0 Å². The van der Waals surface area contributed by atoms with Crippen molar-refractivity contribution in [1.82, 2.24) is 5.73 Å². The number of amides is 1. The van der Waals surface area contributed by atoms with Crippen molar-refractivity contribution in [3.8, 4) is 5.75 Å². The van der Waals surface area contributed by atoms with Gasteiger partial charge in [0.2, 0.25) is 5.91 Å². The van der Waals surface area contributed by atoms with E-state index in [1.54, 1.807) is 20.8 Å². The third-order valence-corrected chi connectivity index (χ3v) is 2.78. The maximum Gasteiger partial charge on any atom is 0.243 e. The molecule has 2 N–H and O–H groups in total. The average molecular weight is 308 g/mol. The van der Waals surface area contributed by atoms with Crippen LogP contribution >= 0.6 is 0 Å². The molecule has 5 heteroatoms. The van der Waals surface area contributed by atoms with Crippen LogP contribution in [0.3, 0.4) is 0 Å².